The highest BCUT2D eigenvalue weighted by atomic mass is 14.1. The van der Waals surface area contributed by atoms with Crippen molar-refractivity contribution in [1.82, 2.24) is 0 Å². The summed E-state index contributed by atoms with van der Waals surface area (Å²) >= 11 is 0. The van der Waals surface area contributed by atoms with Gasteiger partial charge in [0.1, 0.15) is 0 Å². The Morgan fingerprint density at radius 3 is 2.12 bits per heavy atom. The Balaban J connectivity index is 2.09. The summed E-state index contributed by atoms with van der Waals surface area (Å²) in [5.41, 5.74) is 5.11. The van der Waals surface area contributed by atoms with Crippen LogP contribution in [0.15, 0.2) is 61.2 Å². The summed E-state index contributed by atoms with van der Waals surface area (Å²) in [6, 6.07) is 19.2. The number of aryl methyl sites for hydroxylation is 1. The third-order valence-electron chi connectivity index (χ3n) is 3.03. The molecule has 0 fully saturated rings. The Bertz CT molecular complexity index is 477. The van der Waals surface area contributed by atoms with Crippen LogP contribution >= 0.6 is 0 Å². The minimum Gasteiger partial charge on any atom is -0.0949 e. The molecule has 0 saturated heterocycles. The van der Waals surface area contributed by atoms with Crippen molar-refractivity contribution >= 4 is 5.57 Å². The van der Waals surface area contributed by atoms with Crippen LogP contribution in [0.3, 0.4) is 0 Å². The second-order valence-electron chi connectivity index (χ2n) is 4.32. The number of rotatable bonds is 4. The van der Waals surface area contributed by atoms with Gasteiger partial charge in [-0.25, -0.2) is 0 Å². The Labute approximate surface area is 104 Å². The second kappa shape index (κ2) is 5.49. The Morgan fingerprint density at radius 2 is 1.53 bits per heavy atom. The lowest BCUT2D eigenvalue weighted by Gasteiger charge is -2.07. The average molecular weight is 222 g/mol. The van der Waals surface area contributed by atoms with Gasteiger partial charge < -0.3 is 0 Å². The van der Waals surface area contributed by atoms with Crippen molar-refractivity contribution < 1.29 is 0 Å². The predicted octanol–water partition coefficient (Wildman–Crippen LogP) is 4.50. The SMILES string of the molecule is C=C(Cc1ccccc1)c1ccc(CC)cc1. The van der Waals surface area contributed by atoms with Crippen LogP contribution in [0.5, 0.6) is 0 Å². The van der Waals surface area contributed by atoms with Crippen LogP contribution in [0, 0.1) is 0 Å². The van der Waals surface area contributed by atoms with Crippen molar-refractivity contribution in [3.05, 3.63) is 77.9 Å². The normalized spacial score (nSPS) is 10.2. The zero-order chi connectivity index (χ0) is 12.1. The molecule has 0 saturated carbocycles. The maximum absolute atomic E-state index is 4.18. The zero-order valence-corrected chi connectivity index (χ0v) is 10.3. The van der Waals surface area contributed by atoms with E-state index in [1.807, 2.05) is 6.07 Å². The maximum atomic E-state index is 4.18. The topological polar surface area (TPSA) is 0 Å². The van der Waals surface area contributed by atoms with Crippen LogP contribution in [0.4, 0.5) is 0 Å². The highest BCUT2D eigenvalue weighted by molar-refractivity contribution is 5.65. The highest BCUT2D eigenvalue weighted by Crippen LogP contribution is 2.18. The van der Waals surface area contributed by atoms with Gasteiger partial charge in [-0.05, 0) is 35.1 Å². The molecular weight excluding hydrogens is 204 g/mol. The smallest absolute Gasteiger partial charge is 0.00257 e. The highest BCUT2D eigenvalue weighted by Gasteiger charge is 2.00. The quantitative estimate of drug-likeness (QED) is 0.714. The fourth-order valence-corrected chi connectivity index (χ4v) is 1.92. The van der Waals surface area contributed by atoms with Crippen molar-refractivity contribution in [3.63, 3.8) is 0 Å². The Kier molecular flexibility index (Phi) is 3.77. The van der Waals surface area contributed by atoms with Gasteiger partial charge in [0.05, 0.1) is 0 Å². The summed E-state index contributed by atoms with van der Waals surface area (Å²) in [6.45, 7) is 6.35. The minimum absolute atomic E-state index is 0.923. The first kappa shape index (κ1) is 11.7. The number of allylic oxidation sites excluding steroid dienone is 1. The maximum Gasteiger partial charge on any atom is -0.00257 e. The molecule has 0 bridgehead atoms. The third-order valence-corrected chi connectivity index (χ3v) is 3.03. The molecule has 0 N–H and O–H groups in total. The summed E-state index contributed by atoms with van der Waals surface area (Å²) in [7, 11) is 0. The molecule has 0 heteroatoms. The molecular formula is C17H18. The molecule has 2 rings (SSSR count). The van der Waals surface area contributed by atoms with Gasteiger partial charge in [0.15, 0.2) is 0 Å². The van der Waals surface area contributed by atoms with Gasteiger partial charge in [0.25, 0.3) is 0 Å². The number of hydrogen-bond acceptors (Lipinski definition) is 0. The van der Waals surface area contributed by atoms with E-state index in [1.165, 1.54) is 22.3 Å². The molecule has 2 aromatic carbocycles. The van der Waals surface area contributed by atoms with Gasteiger partial charge in [0.2, 0.25) is 0 Å². The Morgan fingerprint density at radius 1 is 0.882 bits per heavy atom. The molecule has 0 amide bonds. The van der Waals surface area contributed by atoms with Gasteiger partial charge in [-0.2, -0.15) is 0 Å². The van der Waals surface area contributed by atoms with Crippen LogP contribution in [0.1, 0.15) is 23.6 Å². The molecule has 17 heavy (non-hydrogen) atoms. The summed E-state index contributed by atoms with van der Waals surface area (Å²) in [5.74, 6) is 0. The molecule has 0 nitrogen and oxygen atoms in total. The van der Waals surface area contributed by atoms with Crippen molar-refractivity contribution in [3.8, 4) is 0 Å². The molecule has 0 atom stereocenters. The summed E-state index contributed by atoms with van der Waals surface area (Å²) < 4.78 is 0. The molecule has 0 unspecified atom stereocenters. The lowest BCUT2D eigenvalue weighted by molar-refractivity contribution is 1.14. The van der Waals surface area contributed by atoms with Gasteiger partial charge >= 0.3 is 0 Å². The van der Waals surface area contributed by atoms with Crippen LogP contribution < -0.4 is 0 Å². The fourth-order valence-electron chi connectivity index (χ4n) is 1.92. The van der Waals surface area contributed by atoms with Crippen molar-refractivity contribution in [2.24, 2.45) is 0 Å². The minimum atomic E-state index is 0.923. The molecule has 0 aliphatic heterocycles. The van der Waals surface area contributed by atoms with E-state index in [-0.39, 0.29) is 0 Å². The number of benzene rings is 2. The first-order valence-corrected chi connectivity index (χ1v) is 6.10. The molecule has 2 aromatic rings. The standard InChI is InChI=1S/C17H18/c1-3-15-9-11-17(12-10-15)14(2)13-16-7-5-4-6-8-16/h4-12H,2-3,13H2,1H3. The first-order valence-electron chi connectivity index (χ1n) is 6.10. The third kappa shape index (κ3) is 3.07. The molecule has 0 spiro atoms. The van der Waals surface area contributed by atoms with E-state index in [2.05, 4.69) is 62.0 Å². The molecule has 86 valence electrons. The van der Waals surface area contributed by atoms with Gasteiger partial charge in [-0.3, -0.25) is 0 Å². The van der Waals surface area contributed by atoms with Crippen molar-refractivity contribution in [1.29, 1.82) is 0 Å². The molecule has 0 heterocycles. The molecule has 0 aliphatic rings. The van der Waals surface area contributed by atoms with E-state index in [0.29, 0.717) is 0 Å². The van der Waals surface area contributed by atoms with Gasteiger partial charge in [-0.1, -0.05) is 68.1 Å². The van der Waals surface area contributed by atoms with E-state index in [9.17, 15) is 0 Å². The summed E-state index contributed by atoms with van der Waals surface area (Å²) in [5, 5.41) is 0. The lowest BCUT2D eigenvalue weighted by atomic mass is 9.98. The number of hydrogen-bond donors (Lipinski definition) is 0. The van der Waals surface area contributed by atoms with Crippen molar-refractivity contribution in [2.45, 2.75) is 19.8 Å². The van der Waals surface area contributed by atoms with Crippen LogP contribution in [-0.4, -0.2) is 0 Å². The largest absolute Gasteiger partial charge is 0.0949 e. The van der Waals surface area contributed by atoms with E-state index >= 15 is 0 Å². The van der Waals surface area contributed by atoms with Gasteiger partial charge in [0, 0.05) is 0 Å². The van der Waals surface area contributed by atoms with Crippen molar-refractivity contribution in [2.75, 3.05) is 0 Å². The molecule has 0 aliphatic carbocycles. The average Bonchev–Trinajstić information content (AvgIpc) is 2.40. The van der Waals surface area contributed by atoms with E-state index in [1.54, 1.807) is 0 Å². The van der Waals surface area contributed by atoms with Crippen LogP contribution in [0.2, 0.25) is 0 Å². The van der Waals surface area contributed by atoms with E-state index in [4.69, 9.17) is 0 Å². The van der Waals surface area contributed by atoms with Gasteiger partial charge in [-0.15, -0.1) is 0 Å². The summed E-state index contributed by atoms with van der Waals surface area (Å²) in [4.78, 5) is 0. The van der Waals surface area contributed by atoms with Crippen LogP contribution in [-0.2, 0) is 12.8 Å². The zero-order valence-electron chi connectivity index (χ0n) is 10.3. The molecule has 0 radical (unpaired) electrons. The van der Waals surface area contributed by atoms with E-state index < -0.39 is 0 Å². The molecule has 0 aromatic heterocycles. The summed E-state index contributed by atoms with van der Waals surface area (Å²) in [6.07, 6.45) is 2.01. The Hall–Kier alpha value is -1.82. The van der Waals surface area contributed by atoms with Crippen LogP contribution in [0.25, 0.3) is 5.57 Å². The monoisotopic (exact) mass is 222 g/mol. The second-order valence-corrected chi connectivity index (χ2v) is 4.32. The fraction of sp³-hybridized carbons (Fsp3) is 0.176. The first-order chi connectivity index (χ1) is 8.29. The lowest BCUT2D eigenvalue weighted by Crippen LogP contribution is -1.90. The van der Waals surface area contributed by atoms with E-state index in [0.717, 1.165) is 12.8 Å². The predicted molar refractivity (Wildman–Crippen MR) is 75.0 cm³/mol.